The van der Waals surface area contributed by atoms with Crippen molar-refractivity contribution in [2.24, 2.45) is 23.5 Å². The first-order valence-electron chi connectivity index (χ1n) is 9.50. The summed E-state index contributed by atoms with van der Waals surface area (Å²) in [5.74, 6) is 0.516. The SMILES string of the molecule is Cl.NCC1CCCC1NC(=O)C1CCCCC1C(=O)N1CCCC1. The van der Waals surface area contributed by atoms with Crippen LogP contribution in [0.15, 0.2) is 0 Å². The molecule has 3 rings (SSSR count). The molecule has 0 aromatic rings. The Morgan fingerprint density at radius 3 is 2.25 bits per heavy atom. The van der Waals surface area contributed by atoms with Crippen LogP contribution in [0.2, 0.25) is 0 Å². The molecule has 0 aromatic carbocycles. The van der Waals surface area contributed by atoms with Gasteiger partial charge in [-0.05, 0) is 51.0 Å². The van der Waals surface area contributed by atoms with E-state index in [1.807, 2.05) is 4.90 Å². The van der Waals surface area contributed by atoms with Crippen LogP contribution in [0.1, 0.15) is 57.8 Å². The second kappa shape index (κ2) is 9.04. The van der Waals surface area contributed by atoms with Crippen molar-refractivity contribution in [3.8, 4) is 0 Å². The highest BCUT2D eigenvalue weighted by molar-refractivity contribution is 5.88. The van der Waals surface area contributed by atoms with E-state index in [4.69, 9.17) is 5.73 Å². The van der Waals surface area contributed by atoms with Gasteiger partial charge in [-0.25, -0.2) is 0 Å². The maximum absolute atomic E-state index is 12.8. The van der Waals surface area contributed by atoms with Crippen LogP contribution >= 0.6 is 12.4 Å². The molecule has 2 aliphatic carbocycles. The van der Waals surface area contributed by atoms with Crippen LogP contribution in [0, 0.1) is 17.8 Å². The molecular weight excluding hydrogens is 326 g/mol. The number of carbonyl (C=O) groups excluding carboxylic acids is 2. The highest BCUT2D eigenvalue weighted by Crippen LogP contribution is 2.33. The van der Waals surface area contributed by atoms with Crippen molar-refractivity contribution >= 4 is 24.2 Å². The molecule has 24 heavy (non-hydrogen) atoms. The first-order chi connectivity index (χ1) is 11.2. The van der Waals surface area contributed by atoms with Gasteiger partial charge >= 0.3 is 0 Å². The van der Waals surface area contributed by atoms with Crippen molar-refractivity contribution in [1.82, 2.24) is 10.2 Å². The second-order valence-corrected chi connectivity index (χ2v) is 7.57. The van der Waals surface area contributed by atoms with Crippen LogP contribution in [0.3, 0.4) is 0 Å². The van der Waals surface area contributed by atoms with E-state index in [1.165, 1.54) is 0 Å². The molecule has 4 unspecified atom stereocenters. The van der Waals surface area contributed by atoms with Gasteiger partial charge in [-0.15, -0.1) is 12.4 Å². The molecule has 1 saturated heterocycles. The number of likely N-dealkylation sites (tertiary alicyclic amines) is 1. The van der Waals surface area contributed by atoms with Crippen molar-refractivity contribution in [3.05, 3.63) is 0 Å². The van der Waals surface area contributed by atoms with E-state index in [1.54, 1.807) is 0 Å². The van der Waals surface area contributed by atoms with Gasteiger partial charge in [0.1, 0.15) is 0 Å². The van der Waals surface area contributed by atoms with Crippen LogP contribution in [-0.4, -0.2) is 42.4 Å². The minimum atomic E-state index is -0.129. The van der Waals surface area contributed by atoms with Crippen molar-refractivity contribution in [3.63, 3.8) is 0 Å². The first kappa shape index (κ1) is 19.5. The Hall–Kier alpha value is -0.810. The van der Waals surface area contributed by atoms with Crippen molar-refractivity contribution < 1.29 is 9.59 Å². The highest BCUT2D eigenvalue weighted by Gasteiger charge is 2.39. The molecule has 0 spiro atoms. The predicted molar refractivity (Wildman–Crippen MR) is 96.8 cm³/mol. The zero-order valence-electron chi connectivity index (χ0n) is 14.5. The second-order valence-electron chi connectivity index (χ2n) is 7.57. The molecular formula is C18H32ClN3O2. The minimum Gasteiger partial charge on any atom is -0.353 e. The summed E-state index contributed by atoms with van der Waals surface area (Å²) in [6.07, 6.45) is 9.37. The first-order valence-corrected chi connectivity index (χ1v) is 9.50. The van der Waals surface area contributed by atoms with Gasteiger partial charge in [0.15, 0.2) is 0 Å². The Kier molecular flexibility index (Phi) is 7.35. The summed E-state index contributed by atoms with van der Waals surface area (Å²) in [6.45, 7) is 2.40. The molecule has 3 N–H and O–H groups in total. The third-order valence-corrected chi connectivity index (χ3v) is 6.13. The number of amides is 2. The van der Waals surface area contributed by atoms with Gasteiger partial charge in [-0.3, -0.25) is 9.59 Å². The van der Waals surface area contributed by atoms with E-state index < -0.39 is 0 Å². The van der Waals surface area contributed by atoms with Gasteiger partial charge in [0.25, 0.3) is 0 Å². The van der Waals surface area contributed by atoms with Crippen LogP contribution in [0.25, 0.3) is 0 Å². The van der Waals surface area contributed by atoms with Gasteiger partial charge in [0.05, 0.1) is 0 Å². The number of carbonyl (C=O) groups is 2. The summed E-state index contributed by atoms with van der Waals surface area (Å²) in [6, 6.07) is 0.219. The van der Waals surface area contributed by atoms with Gasteiger partial charge in [-0.1, -0.05) is 19.3 Å². The molecule has 3 fully saturated rings. The lowest BCUT2D eigenvalue weighted by molar-refractivity contribution is -0.143. The average Bonchev–Trinajstić information content (AvgIpc) is 3.25. The lowest BCUT2D eigenvalue weighted by Crippen LogP contribution is -2.48. The Labute approximate surface area is 151 Å². The molecule has 0 radical (unpaired) electrons. The summed E-state index contributed by atoms with van der Waals surface area (Å²) in [5.41, 5.74) is 5.82. The fourth-order valence-corrected chi connectivity index (χ4v) is 4.71. The largest absolute Gasteiger partial charge is 0.353 e. The number of nitrogens with zero attached hydrogens (tertiary/aromatic N) is 1. The summed E-state index contributed by atoms with van der Waals surface area (Å²) < 4.78 is 0. The van der Waals surface area contributed by atoms with Crippen LogP contribution in [0.4, 0.5) is 0 Å². The summed E-state index contributed by atoms with van der Waals surface area (Å²) >= 11 is 0. The lowest BCUT2D eigenvalue weighted by Gasteiger charge is -2.33. The normalized spacial score (nSPS) is 33.1. The van der Waals surface area contributed by atoms with Crippen molar-refractivity contribution in [2.75, 3.05) is 19.6 Å². The number of halogens is 1. The maximum atomic E-state index is 12.8. The maximum Gasteiger partial charge on any atom is 0.226 e. The molecule has 5 nitrogen and oxygen atoms in total. The van der Waals surface area contributed by atoms with E-state index in [-0.39, 0.29) is 42.1 Å². The fraction of sp³-hybridized carbons (Fsp3) is 0.889. The number of rotatable bonds is 4. The highest BCUT2D eigenvalue weighted by atomic mass is 35.5. The zero-order chi connectivity index (χ0) is 16.2. The molecule has 2 saturated carbocycles. The van der Waals surface area contributed by atoms with E-state index >= 15 is 0 Å². The van der Waals surface area contributed by atoms with E-state index in [9.17, 15) is 9.59 Å². The number of nitrogens with two attached hydrogens (primary N) is 1. The Balaban J connectivity index is 0.00000208. The quantitative estimate of drug-likeness (QED) is 0.808. The summed E-state index contributed by atoms with van der Waals surface area (Å²) in [4.78, 5) is 27.6. The molecule has 3 aliphatic rings. The molecule has 2 amide bonds. The molecule has 1 aliphatic heterocycles. The minimum absolute atomic E-state index is 0. The number of hydrogen-bond acceptors (Lipinski definition) is 3. The molecule has 1 heterocycles. The van der Waals surface area contributed by atoms with E-state index in [0.29, 0.717) is 12.5 Å². The van der Waals surface area contributed by atoms with Gasteiger partial charge in [0, 0.05) is 31.0 Å². The zero-order valence-corrected chi connectivity index (χ0v) is 15.4. The topological polar surface area (TPSA) is 75.4 Å². The summed E-state index contributed by atoms with van der Waals surface area (Å²) in [7, 11) is 0. The van der Waals surface area contributed by atoms with Gasteiger partial charge < -0.3 is 16.0 Å². The third kappa shape index (κ3) is 4.23. The van der Waals surface area contributed by atoms with Crippen molar-refractivity contribution in [2.45, 2.75) is 63.8 Å². The Bertz CT molecular complexity index is 440. The number of nitrogens with one attached hydrogen (secondary N) is 1. The van der Waals surface area contributed by atoms with Crippen LogP contribution < -0.4 is 11.1 Å². The van der Waals surface area contributed by atoms with Crippen molar-refractivity contribution in [1.29, 1.82) is 0 Å². The van der Waals surface area contributed by atoms with E-state index in [2.05, 4.69) is 5.32 Å². The standard InChI is InChI=1S/C18H31N3O2.ClH/c19-12-13-6-5-9-16(13)20-17(22)14-7-1-2-8-15(14)18(23)21-10-3-4-11-21;/h13-16H,1-12,19H2,(H,20,22);1H. The molecule has 4 atom stereocenters. The summed E-state index contributed by atoms with van der Waals surface area (Å²) in [5, 5.41) is 3.24. The van der Waals surface area contributed by atoms with Gasteiger partial charge in [-0.2, -0.15) is 0 Å². The van der Waals surface area contributed by atoms with Crippen LogP contribution in [-0.2, 0) is 9.59 Å². The predicted octanol–water partition coefficient (Wildman–Crippen LogP) is 2.08. The molecule has 0 bridgehead atoms. The monoisotopic (exact) mass is 357 g/mol. The Morgan fingerprint density at radius 2 is 1.58 bits per heavy atom. The molecule has 6 heteroatoms. The molecule has 0 aromatic heterocycles. The van der Waals surface area contributed by atoms with Gasteiger partial charge in [0.2, 0.25) is 11.8 Å². The third-order valence-electron chi connectivity index (χ3n) is 6.13. The smallest absolute Gasteiger partial charge is 0.226 e. The Morgan fingerprint density at radius 1 is 0.917 bits per heavy atom. The molecule has 138 valence electrons. The number of hydrogen-bond donors (Lipinski definition) is 2. The fourth-order valence-electron chi connectivity index (χ4n) is 4.71. The van der Waals surface area contributed by atoms with E-state index in [0.717, 1.165) is 70.9 Å². The van der Waals surface area contributed by atoms with Crippen LogP contribution in [0.5, 0.6) is 0 Å². The average molecular weight is 358 g/mol. The lowest BCUT2D eigenvalue weighted by atomic mass is 9.77.